The van der Waals surface area contributed by atoms with Crippen molar-refractivity contribution in [1.29, 1.82) is 0 Å². The van der Waals surface area contributed by atoms with Crippen molar-refractivity contribution >= 4 is 17.9 Å². The van der Waals surface area contributed by atoms with Crippen LogP contribution >= 0.6 is 0 Å². The number of halogens is 1. The van der Waals surface area contributed by atoms with E-state index in [0.717, 1.165) is 0 Å². The molecule has 0 aliphatic rings. The highest BCUT2D eigenvalue weighted by Gasteiger charge is 2.29. The number of carbonyl (C=O) groups excluding carboxylic acids is 3. The standard InChI is InChI=1S/C20H21FN2O5/c1-3-22-20(26)23-18(24)17(14-7-5-4-6-8-14)28-19(25)13(2)27-16-11-9-15(21)10-12-16/h4-13,17H,3H2,1-2H3,(H2,22,23,24,26)/t13-,17-/m1/s1. The number of hydrogen-bond acceptors (Lipinski definition) is 5. The van der Waals surface area contributed by atoms with Gasteiger partial charge in [0.1, 0.15) is 11.6 Å². The number of urea groups is 1. The number of rotatable bonds is 7. The predicted octanol–water partition coefficient (Wildman–Crippen LogP) is 2.72. The summed E-state index contributed by atoms with van der Waals surface area (Å²) in [5.74, 6) is -1.77. The molecule has 2 atom stereocenters. The molecule has 2 N–H and O–H groups in total. The summed E-state index contributed by atoms with van der Waals surface area (Å²) < 4.78 is 23.7. The molecule has 0 spiro atoms. The summed E-state index contributed by atoms with van der Waals surface area (Å²) in [6, 6.07) is 12.7. The van der Waals surface area contributed by atoms with Gasteiger partial charge in [-0.05, 0) is 38.1 Å². The molecule has 3 amide bonds. The Kier molecular flexibility index (Phi) is 7.50. The lowest BCUT2D eigenvalue weighted by atomic mass is 10.1. The summed E-state index contributed by atoms with van der Waals surface area (Å²) >= 11 is 0. The number of carbonyl (C=O) groups is 3. The maximum atomic E-state index is 13.0. The van der Waals surface area contributed by atoms with E-state index in [2.05, 4.69) is 10.6 Å². The SMILES string of the molecule is CCNC(=O)NC(=O)[C@H](OC(=O)[C@@H](C)Oc1ccc(F)cc1)c1ccccc1. The Labute approximate surface area is 161 Å². The lowest BCUT2D eigenvalue weighted by molar-refractivity contribution is -0.162. The normalized spacial score (nSPS) is 12.4. The highest BCUT2D eigenvalue weighted by molar-refractivity contribution is 5.97. The molecular weight excluding hydrogens is 367 g/mol. The second kappa shape index (κ2) is 10.1. The van der Waals surface area contributed by atoms with Crippen molar-refractivity contribution in [3.63, 3.8) is 0 Å². The van der Waals surface area contributed by atoms with Crippen LogP contribution in [-0.4, -0.2) is 30.6 Å². The van der Waals surface area contributed by atoms with E-state index in [1.807, 2.05) is 0 Å². The summed E-state index contributed by atoms with van der Waals surface area (Å²) in [6.45, 7) is 3.47. The van der Waals surface area contributed by atoms with Crippen LogP contribution in [0.1, 0.15) is 25.5 Å². The Morgan fingerprint density at radius 2 is 1.68 bits per heavy atom. The predicted molar refractivity (Wildman–Crippen MR) is 99.0 cm³/mol. The summed E-state index contributed by atoms with van der Waals surface area (Å²) in [6.07, 6.45) is -2.40. The van der Waals surface area contributed by atoms with Gasteiger partial charge in [0.05, 0.1) is 0 Å². The van der Waals surface area contributed by atoms with Crippen LogP contribution in [-0.2, 0) is 14.3 Å². The van der Waals surface area contributed by atoms with Gasteiger partial charge in [-0.2, -0.15) is 0 Å². The van der Waals surface area contributed by atoms with Crippen LogP contribution < -0.4 is 15.4 Å². The molecule has 0 bridgehead atoms. The van der Waals surface area contributed by atoms with E-state index in [1.54, 1.807) is 37.3 Å². The molecule has 0 radical (unpaired) electrons. The summed E-state index contributed by atoms with van der Waals surface area (Å²) in [5, 5.41) is 4.56. The molecule has 2 aromatic carbocycles. The Bertz CT molecular complexity index is 811. The van der Waals surface area contributed by atoms with Gasteiger partial charge < -0.3 is 14.8 Å². The average Bonchev–Trinajstić information content (AvgIpc) is 2.68. The molecular formula is C20H21FN2O5. The molecule has 0 aliphatic heterocycles. The summed E-state index contributed by atoms with van der Waals surface area (Å²) in [7, 11) is 0. The topological polar surface area (TPSA) is 93.7 Å². The van der Waals surface area contributed by atoms with Gasteiger partial charge in [0.25, 0.3) is 5.91 Å². The highest BCUT2D eigenvalue weighted by atomic mass is 19.1. The number of hydrogen-bond donors (Lipinski definition) is 2. The molecule has 2 aromatic rings. The quantitative estimate of drug-likeness (QED) is 0.712. The first-order valence-electron chi connectivity index (χ1n) is 8.67. The van der Waals surface area contributed by atoms with Gasteiger partial charge in [-0.1, -0.05) is 30.3 Å². The van der Waals surface area contributed by atoms with Gasteiger partial charge in [-0.15, -0.1) is 0 Å². The van der Waals surface area contributed by atoms with Gasteiger partial charge in [0.15, 0.2) is 6.10 Å². The molecule has 7 nitrogen and oxygen atoms in total. The number of amides is 3. The van der Waals surface area contributed by atoms with Crippen molar-refractivity contribution in [3.8, 4) is 5.75 Å². The first-order valence-corrected chi connectivity index (χ1v) is 8.67. The number of nitrogens with one attached hydrogen (secondary N) is 2. The fourth-order valence-electron chi connectivity index (χ4n) is 2.26. The van der Waals surface area contributed by atoms with Crippen molar-refractivity contribution in [2.24, 2.45) is 0 Å². The van der Waals surface area contributed by atoms with Gasteiger partial charge in [0, 0.05) is 12.1 Å². The molecule has 2 rings (SSSR count). The van der Waals surface area contributed by atoms with Crippen molar-refractivity contribution < 1.29 is 28.2 Å². The van der Waals surface area contributed by atoms with E-state index in [9.17, 15) is 18.8 Å². The van der Waals surface area contributed by atoms with Gasteiger partial charge in [-0.3, -0.25) is 10.1 Å². The molecule has 0 aliphatic carbocycles. The zero-order valence-corrected chi connectivity index (χ0v) is 15.5. The molecule has 0 unspecified atom stereocenters. The average molecular weight is 388 g/mol. The van der Waals surface area contributed by atoms with Crippen LogP contribution in [0.4, 0.5) is 9.18 Å². The van der Waals surface area contributed by atoms with Crippen molar-refractivity contribution in [2.75, 3.05) is 6.54 Å². The fourth-order valence-corrected chi connectivity index (χ4v) is 2.26. The van der Waals surface area contributed by atoms with Crippen LogP contribution in [0.25, 0.3) is 0 Å². The second-order valence-corrected chi connectivity index (χ2v) is 5.79. The van der Waals surface area contributed by atoms with Gasteiger partial charge in [0.2, 0.25) is 6.10 Å². The fraction of sp³-hybridized carbons (Fsp3) is 0.250. The number of imide groups is 1. The van der Waals surface area contributed by atoms with E-state index in [-0.39, 0.29) is 5.75 Å². The van der Waals surface area contributed by atoms with Crippen LogP contribution in [0.15, 0.2) is 54.6 Å². The largest absolute Gasteiger partial charge is 0.479 e. The molecule has 0 fully saturated rings. The van der Waals surface area contributed by atoms with E-state index in [1.165, 1.54) is 31.2 Å². The molecule has 28 heavy (non-hydrogen) atoms. The molecule has 0 heterocycles. The lowest BCUT2D eigenvalue weighted by Gasteiger charge is -2.20. The van der Waals surface area contributed by atoms with Gasteiger partial charge >= 0.3 is 12.0 Å². The third-order valence-electron chi connectivity index (χ3n) is 3.61. The Balaban J connectivity index is 2.10. The van der Waals surface area contributed by atoms with Crippen LogP contribution in [0.5, 0.6) is 5.75 Å². The molecule has 0 saturated carbocycles. The zero-order valence-electron chi connectivity index (χ0n) is 15.5. The highest BCUT2D eigenvalue weighted by Crippen LogP contribution is 2.20. The van der Waals surface area contributed by atoms with Crippen molar-refractivity contribution in [1.82, 2.24) is 10.6 Å². The Morgan fingerprint density at radius 3 is 2.29 bits per heavy atom. The molecule has 8 heteroatoms. The monoisotopic (exact) mass is 388 g/mol. The molecule has 0 aromatic heterocycles. The minimum Gasteiger partial charge on any atom is -0.479 e. The maximum Gasteiger partial charge on any atom is 0.348 e. The first-order chi connectivity index (χ1) is 13.4. The summed E-state index contributed by atoms with van der Waals surface area (Å²) in [5.41, 5.74) is 0.395. The molecule has 0 saturated heterocycles. The summed E-state index contributed by atoms with van der Waals surface area (Å²) in [4.78, 5) is 36.5. The second-order valence-electron chi connectivity index (χ2n) is 5.79. The third-order valence-corrected chi connectivity index (χ3v) is 3.61. The number of benzene rings is 2. The van der Waals surface area contributed by atoms with Crippen LogP contribution in [0.2, 0.25) is 0 Å². The smallest absolute Gasteiger partial charge is 0.348 e. The lowest BCUT2D eigenvalue weighted by Crippen LogP contribution is -2.43. The van der Waals surface area contributed by atoms with Crippen LogP contribution in [0.3, 0.4) is 0 Å². The first kappa shape index (κ1) is 20.9. The van der Waals surface area contributed by atoms with E-state index >= 15 is 0 Å². The zero-order chi connectivity index (χ0) is 20.5. The van der Waals surface area contributed by atoms with E-state index < -0.39 is 35.9 Å². The number of esters is 1. The van der Waals surface area contributed by atoms with Gasteiger partial charge in [-0.25, -0.2) is 14.0 Å². The third kappa shape index (κ3) is 6.08. The maximum absolute atomic E-state index is 13.0. The Hall–Kier alpha value is -3.42. The van der Waals surface area contributed by atoms with Crippen LogP contribution in [0, 0.1) is 5.82 Å². The number of ether oxygens (including phenoxy) is 2. The van der Waals surface area contributed by atoms with Crippen molar-refractivity contribution in [3.05, 3.63) is 66.0 Å². The molecule has 148 valence electrons. The minimum atomic E-state index is -1.34. The van der Waals surface area contributed by atoms with E-state index in [0.29, 0.717) is 12.1 Å². The van der Waals surface area contributed by atoms with E-state index in [4.69, 9.17) is 9.47 Å². The van der Waals surface area contributed by atoms with Crippen molar-refractivity contribution in [2.45, 2.75) is 26.1 Å². The Morgan fingerprint density at radius 1 is 1.04 bits per heavy atom. The minimum absolute atomic E-state index is 0.272.